The number of esters is 1. The quantitative estimate of drug-likeness (QED) is 0.703. The minimum absolute atomic E-state index is 0.0946. The molecule has 0 bridgehead atoms. The molecule has 2 amide bonds. The second-order valence-corrected chi connectivity index (χ2v) is 5.46. The van der Waals surface area contributed by atoms with Crippen molar-refractivity contribution in [2.45, 2.75) is 32.9 Å². The number of amides is 2. The zero-order chi connectivity index (χ0) is 17.2. The topological polar surface area (TPSA) is 108 Å². The van der Waals surface area contributed by atoms with Crippen molar-refractivity contribution in [1.29, 1.82) is 0 Å². The number of carbonyl (C=O) groups is 3. The molecule has 0 saturated heterocycles. The van der Waals surface area contributed by atoms with Gasteiger partial charge in [0.05, 0.1) is 0 Å². The predicted octanol–water partition coefficient (Wildman–Crippen LogP) is 1.36. The first kappa shape index (κ1) is 18.5. The molecule has 1 aromatic rings. The van der Waals surface area contributed by atoms with E-state index in [0.717, 1.165) is 5.56 Å². The first-order valence-electron chi connectivity index (χ1n) is 7.30. The van der Waals surface area contributed by atoms with Crippen LogP contribution in [-0.4, -0.2) is 30.6 Å². The van der Waals surface area contributed by atoms with Gasteiger partial charge in [-0.2, -0.15) is 0 Å². The minimum Gasteiger partial charge on any atom is -0.454 e. The normalized spacial score (nSPS) is 11.6. The lowest BCUT2D eigenvalue weighted by atomic mass is 10.0. The average molecular weight is 322 g/mol. The third-order valence-electron chi connectivity index (χ3n) is 2.85. The molecule has 0 saturated carbocycles. The molecule has 0 unspecified atom stereocenters. The van der Waals surface area contributed by atoms with E-state index in [2.05, 4.69) is 5.32 Å². The van der Waals surface area contributed by atoms with Crippen molar-refractivity contribution in [3.8, 4) is 0 Å². The number of carbonyl (C=O) groups excluding carboxylic acids is 3. The van der Waals surface area contributed by atoms with Gasteiger partial charge in [0, 0.05) is 0 Å². The zero-order valence-electron chi connectivity index (χ0n) is 13.3. The van der Waals surface area contributed by atoms with Crippen LogP contribution < -0.4 is 11.1 Å². The number of rotatable bonds is 8. The number of nitrogens with one attached hydrogen (secondary N) is 1. The summed E-state index contributed by atoms with van der Waals surface area (Å²) < 4.78 is 9.81. The van der Waals surface area contributed by atoms with Gasteiger partial charge in [0.2, 0.25) is 0 Å². The highest BCUT2D eigenvalue weighted by atomic mass is 16.6. The molecule has 0 radical (unpaired) electrons. The molecule has 23 heavy (non-hydrogen) atoms. The van der Waals surface area contributed by atoms with Crippen molar-refractivity contribution in [3.05, 3.63) is 35.9 Å². The van der Waals surface area contributed by atoms with Crippen LogP contribution in [0.3, 0.4) is 0 Å². The molecule has 126 valence electrons. The van der Waals surface area contributed by atoms with Crippen LogP contribution in [0.2, 0.25) is 0 Å². The van der Waals surface area contributed by atoms with Gasteiger partial charge in [-0.3, -0.25) is 4.79 Å². The Morgan fingerprint density at radius 2 is 1.78 bits per heavy atom. The van der Waals surface area contributed by atoms with Crippen LogP contribution in [0.5, 0.6) is 0 Å². The number of hydrogen-bond donors (Lipinski definition) is 2. The van der Waals surface area contributed by atoms with Gasteiger partial charge in [0.15, 0.2) is 6.61 Å². The molecule has 0 aliphatic heterocycles. The molecule has 7 heteroatoms. The summed E-state index contributed by atoms with van der Waals surface area (Å²) in [5, 5.41) is 2.45. The van der Waals surface area contributed by atoms with Crippen LogP contribution in [0.15, 0.2) is 30.3 Å². The number of alkyl carbamates (subject to hydrolysis) is 1. The van der Waals surface area contributed by atoms with Gasteiger partial charge < -0.3 is 20.5 Å². The lowest BCUT2D eigenvalue weighted by Gasteiger charge is -2.18. The second-order valence-electron chi connectivity index (χ2n) is 5.46. The minimum atomic E-state index is -0.891. The summed E-state index contributed by atoms with van der Waals surface area (Å²) in [5.74, 6) is -1.34. The van der Waals surface area contributed by atoms with Crippen molar-refractivity contribution >= 4 is 18.0 Å². The summed E-state index contributed by atoms with van der Waals surface area (Å²) in [5.41, 5.74) is 5.76. The second kappa shape index (κ2) is 9.45. The number of primary amides is 1. The highest BCUT2D eigenvalue weighted by molar-refractivity contribution is 5.84. The fourth-order valence-corrected chi connectivity index (χ4v) is 1.84. The maximum absolute atomic E-state index is 11.9. The number of ether oxygens (including phenoxy) is 2. The Kier molecular flexibility index (Phi) is 7.59. The van der Waals surface area contributed by atoms with Crippen molar-refractivity contribution in [1.82, 2.24) is 5.32 Å². The van der Waals surface area contributed by atoms with E-state index in [1.807, 2.05) is 44.2 Å². The summed E-state index contributed by atoms with van der Waals surface area (Å²) in [7, 11) is 0. The average Bonchev–Trinajstić information content (AvgIpc) is 2.50. The Labute approximate surface area is 135 Å². The summed E-state index contributed by atoms with van der Waals surface area (Å²) in [6.07, 6.45) is -0.367. The lowest BCUT2D eigenvalue weighted by Crippen LogP contribution is -2.43. The molecular weight excluding hydrogens is 300 g/mol. The molecule has 0 spiro atoms. The van der Waals surface area contributed by atoms with Gasteiger partial charge in [-0.1, -0.05) is 44.2 Å². The Balaban J connectivity index is 2.52. The van der Waals surface area contributed by atoms with Crippen LogP contribution in [0.1, 0.15) is 25.8 Å². The van der Waals surface area contributed by atoms with E-state index in [1.54, 1.807) is 0 Å². The maximum Gasteiger partial charge on any atom is 0.408 e. The van der Waals surface area contributed by atoms with Crippen molar-refractivity contribution < 1.29 is 23.9 Å². The molecule has 0 aromatic heterocycles. The zero-order valence-corrected chi connectivity index (χ0v) is 13.3. The lowest BCUT2D eigenvalue weighted by molar-refractivity contribution is -0.150. The van der Waals surface area contributed by atoms with Crippen molar-refractivity contribution in [2.24, 2.45) is 11.7 Å². The number of nitrogens with two attached hydrogens (primary N) is 1. The summed E-state index contributed by atoms with van der Waals surface area (Å²) >= 11 is 0. The Morgan fingerprint density at radius 1 is 1.13 bits per heavy atom. The molecule has 1 atom stereocenters. The standard InChI is InChI=1S/C16H22N2O5/c1-11(2)8-13(15(20)22-10-14(17)19)18-16(21)23-9-12-6-4-3-5-7-12/h3-7,11,13H,8-10H2,1-2H3,(H2,17,19)(H,18,21)/t13-/m0/s1. The highest BCUT2D eigenvalue weighted by Gasteiger charge is 2.24. The first-order chi connectivity index (χ1) is 10.9. The molecule has 0 heterocycles. The largest absolute Gasteiger partial charge is 0.454 e. The summed E-state index contributed by atoms with van der Waals surface area (Å²) in [6, 6.07) is 8.27. The van der Waals surface area contributed by atoms with E-state index in [1.165, 1.54) is 0 Å². The van der Waals surface area contributed by atoms with E-state index in [9.17, 15) is 14.4 Å². The van der Waals surface area contributed by atoms with E-state index < -0.39 is 30.6 Å². The van der Waals surface area contributed by atoms with E-state index in [-0.39, 0.29) is 12.5 Å². The van der Waals surface area contributed by atoms with Gasteiger partial charge in [0.25, 0.3) is 5.91 Å². The molecule has 0 aliphatic carbocycles. The van der Waals surface area contributed by atoms with Gasteiger partial charge >= 0.3 is 12.1 Å². The molecule has 0 aliphatic rings. The van der Waals surface area contributed by atoms with Crippen LogP contribution in [-0.2, 0) is 25.7 Å². The molecule has 1 aromatic carbocycles. The third-order valence-corrected chi connectivity index (χ3v) is 2.85. The van der Waals surface area contributed by atoms with E-state index >= 15 is 0 Å². The monoisotopic (exact) mass is 322 g/mol. The highest BCUT2D eigenvalue weighted by Crippen LogP contribution is 2.07. The van der Waals surface area contributed by atoms with Gasteiger partial charge in [-0.25, -0.2) is 9.59 Å². The Bertz CT molecular complexity index is 531. The fraction of sp³-hybridized carbons (Fsp3) is 0.438. The van der Waals surface area contributed by atoms with Crippen molar-refractivity contribution in [3.63, 3.8) is 0 Å². The Hall–Kier alpha value is -2.57. The molecule has 3 N–H and O–H groups in total. The van der Waals surface area contributed by atoms with Crippen LogP contribution >= 0.6 is 0 Å². The first-order valence-corrected chi connectivity index (χ1v) is 7.30. The van der Waals surface area contributed by atoms with Crippen LogP contribution in [0.25, 0.3) is 0 Å². The number of benzene rings is 1. The maximum atomic E-state index is 11.9. The molecular formula is C16H22N2O5. The predicted molar refractivity (Wildman–Crippen MR) is 83.2 cm³/mol. The van der Waals surface area contributed by atoms with Gasteiger partial charge in [-0.05, 0) is 17.9 Å². The van der Waals surface area contributed by atoms with Crippen molar-refractivity contribution in [2.75, 3.05) is 6.61 Å². The fourth-order valence-electron chi connectivity index (χ4n) is 1.84. The molecule has 1 rings (SSSR count). The van der Waals surface area contributed by atoms with Crippen LogP contribution in [0.4, 0.5) is 4.79 Å². The van der Waals surface area contributed by atoms with Gasteiger partial charge in [0.1, 0.15) is 12.6 Å². The third kappa shape index (κ3) is 7.85. The summed E-state index contributed by atoms with van der Waals surface area (Å²) in [4.78, 5) is 34.4. The summed E-state index contributed by atoms with van der Waals surface area (Å²) in [6.45, 7) is 3.36. The van der Waals surface area contributed by atoms with Crippen LogP contribution in [0, 0.1) is 5.92 Å². The van der Waals surface area contributed by atoms with E-state index in [4.69, 9.17) is 15.2 Å². The Morgan fingerprint density at radius 3 is 2.35 bits per heavy atom. The SMILES string of the molecule is CC(C)C[C@H](NC(=O)OCc1ccccc1)C(=O)OCC(N)=O. The van der Waals surface area contributed by atoms with E-state index in [0.29, 0.717) is 6.42 Å². The molecule has 0 fully saturated rings. The number of hydrogen-bond acceptors (Lipinski definition) is 5. The smallest absolute Gasteiger partial charge is 0.408 e. The molecule has 7 nitrogen and oxygen atoms in total. The van der Waals surface area contributed by atoms with Gasteiger partial charge in [-0.15, -0.1) is 0 Å².